The lowest BCUT2D eigenvalue weighted by atomic mass is 9.94. The summed E-state index contributed by atoms with van der Waals surface area (Å²) in [7, 11) is 0. The van der Waals surface area contributed by atoms with Crippen LogP contribution in [0.15, 0.2) is 12.1 Å². The van der Waals surface area contributed by atoms with E-state index in [2.05, 4.69) is 10.6 Å². The predicted molar refractivity (Wildman–Crippen MR) is 76.2 cm³/mol. The molecular weight excluding hydrogens is 280 g/mol. The molecule has 5 nitrogen and oxygen atoms in total. The van der Waals surface area contributed by atoms with Crippen LogP contribution in [0.5, 0.6) is 5.75 Å². The minimum Gasteiger partial charge on any atom is -0.482 e. The molecule has 20 heavy (non-hydrogen) atoms. The minimum absolute atomic E-state index is 0.00809. The number of benzene rings is 1. The molecule has 3 rings (SSSR count). The maximum Gasteiger partial charge on any atom is 0.262 e. The summed E-state index contributed by atoms with van der Waals surface area (Å²) in [4.78, 5) is 11.3. The number of amides is 1. The quantitative estimate of drug-likeness (QED) is 0.779. The molecule has 2 aliphatic rings. The third-order valence-corrected chi connectivity index (χ3v) is 4.11. The average Bonchev–Trinajstić information content (AvgIpc) is 2.46. The fourth-order valence-electron chi connectivity index (χ4n) is 2.71. The summed E-state index contributed by atoms with van der Waals surface area (Å²) in [6, 6.07) is 3.37. The first-order chi connectivity index (χ1) is 9.65. The molecule has 1 fully saturated rings. The molecule has 2 aliphatic heterocycles. The number of rotatable bonds is 2. The second-order valence-corrected chi connectivity index (χ2v) is 5.62. The Bertz CT molecular complexity index is 529. The van der Waals surface area contributed by atoms with Gasteiger partial charge in [0, 0.05) is 16.6 Å². The van der Waals surface area contributed by atoms with Gasteiger partial charge in [-0.05, 0) is 31.5 Å². The van der Waals surface area contributed by atoms with E-state index in [1.165, 1.54) is 0 Å². The highest BCUT2D eigenvalue weighted by molar-refractivity contribution is 6.32. The molecule has 1 aromatic carbocycles. The maximum atomic E-state index is 11.3. The minimum atomic E-state index is -0.672. The van der Waals surface area contributed by atoms with E-state index in [4.69, 9.17) is 16.3 Å². The van der Waals surface area contributed by atoms with Crippen LogP contribution in [0.25, 0.3) is 0 Å². The molecule has 0 aliphatic carbocycles. The number of nitrogens with one attached hydrogen (secondary N) is 2. The smallest absolute Gasteiger partial charge is 0.262 e. The second-order valence-electron chi connectivity index (χ2n) is 5.21. The van der Waals surface area contributed by atoms with Gasteiger partial charge in [0.1, 0.15) is 5.75 Å². The monoisotopic (exact) mass is 296 g/mol. The standard InChI is InChI=1S/C14H17ClN2O3/c15-9-6-11-12(20-7-13(18)17-11)5-8(9)14(19)10-3-1-2-4-16-10/h5-6,10,14,16,19H,1-4,7H2,(H,17,18). The maximum absolute atomic E-state index is 11.3. The van der Waals surface area contributed by atoms with Gasteiger partial charge in [-0.1, -0.05) is 18.0 Å². The molecule has 3 N–H and O–H groups in total. The number of anilines is 1. The van der Waals surface area contributed by atoms with Crippen LogP contribution in [0.3, 0.4) is 0 Å². The van der Waals surface area contributed by atoms with Gasteiger partial charge in [-0.15, -0.1) is 0 Å². The number of hydrogen-bond acceptors (Lipinski definition) is 4. The Morgan fingerprint density at radius 1 is 1.40 bits per heavy atom. The van der Waals surface area contributed by atoms with Crippen LogP contribution in [0, 0.1) is 0 Å². The van der Waals surface area contributed by atoms with Crippen molar-refractivity contribution < 1.29 is 14.6 Å². The molecule has 0 radical (unpaired) electrons. The van der Waals surface area contributed by atoms with Gasteiger partial charge in [0.2, 0.25) is 0 Å². The third-order valence-electron chi connectivity index (χ3n) is 3.78. The lowest BCUT2D eigenvalue weighted by Crippen LogP contribution is -2.39. The zero-order valence-electron chi connectivity index (χ0n) is 11.0. The van der Waals surface area contributed by atoms with Crippen molar-refractivity contribution in [1.82, 2.24) is 5.32 Å². The molecule has 6 heteroatoms. The number of fused-ring (bicyclic) bond motifs is 1. The highest BCUT2D eigenvalue weighted by Crippen LogP contribution is 2.37. The van der Waals surface area contributed by atoms with Gasteiger partial charge in [-0.2, -0.15) is 0 Å². The molecule has 2 atom stereocenters. The molecule has 0 bridgehead atoms. The van der Waals surface area contributed by atoms with Gasteiger partial charge in [-0.3, -0.25) is 4.79 Å². The number of aliphatic hydroxyl groups excluding tert-OH is 1. The number of halogens is 1. The molecule has 108 valence electrons. The van der Waals surface area contributed by atoms with E-state index in [0.29, 0.717) is 22.0 Å². The van der Waals surface area contributed by atoms with Crippen molar-refractivity contribution >= 4 is 23.2 Å². The first kappa shape index (κ1) is 13.7. The second kappa shape index (κ2) is 5.60. The van der Waals surface area contributed by atoms with Crippen molar-refractivity contribution in [3.63, 3.8) is 0 Å². The zero-order chi connectivity index (χ0) is 14.1. The zero-order valence-corrected chi connectivity index (χ0v) is 11.7. The summed E-state index contributed by atoms with van der Waals surface area (Å²) < 4.78 is 5.37. The Balaban J connectivity index is 1.87. The summed E-state index contributed by atoms with van der Waals surface area (Å²) >= 11 is 6.23. The number of piperidine rings is 1. The van der Waals surface area contributed by atoms with Crippen molar-refractivity contribution in [3.05, 3.63) is 22.7 Å². The SMILES string of the molecule is O=C1COc2cc(C(O)C3CCCCN3)c(Cl)cc2N1. The highest BCUT2D eigenvalue weighted by Gasteiger charge is 2.27. The van der Waals surface area contributed by atoms with E-state index >= 15 is 0 Å². The van der Waals surface area contributed by atoms with Gasteiger partial charge in [-0.25, -0.2) is 0 Å². The summed E-state index contributed by atoms with van der Waals surface area (Å²) in [5, 5.41) is 16.9. The van der Waals surface area contributed by atoms with E-state index < -0.39 is 6.10 Å². The van der Waals surface area contributed by atoms with E-state index in [-0.39, 0.29) is 18.6 Å². The molecule has 1 amide bonds. The van der Waals surface area contributed by atoms with Crippen molar-refractivity contribution in [2.24, 2.45) is 0 Å². The van der Waals surface area contributed by atoms with Crippen LogP contribution < -0.4 is 15.4 Å². The Kier molecular flexibility index (Phi) is 3.83. The Morgan fingerprint density at radius 2 is 2.25 bits per heavy atom. The normalized spacial score (nSPS) is 23.5. The molecule has 2 unspecified atom stereocenters. The van der Waals surface area contributed by atoms with Crippen molar-refractivity contribution in [2.75, 3.05) is 18.5 Å². The van der Waals surface area contributed by atoms with Crippen molar-refractivity contribution in [3.8, 4) is 5.75 Å². The molecule has 0 spiro atoms. The topological polar surface area (TPSA) is 70.6 Å². The average molecular weight is 297 g/mol. The van der Waals surface area contributed by atoms with Crippen LogP contribution in [0.1, 0.15) is 30.9 Å². The fourth-order valence-corrected chi connectivity index (χ4v) is 2.98. The van der Waals surface area contributed by atoms with E-state index in [1.807, 2.05) is 0 Å². The molecule has 2 heterocycles. The highest BCUT2D eigenvalue weighted by atomic mass is 35.5. The lowest BCUT2D eigenvalue weighted by molar-refractivity contribution is -0.118. The molecule has 0 saturated carbocycles. The molecule has 1 saturated heterocycles. The third kappa shape index (κ3) is 2.61. The summed E-state index contributed by atoms with van der Waals surface area (Å²) in [5.41, 5.74) is 1.19. The van der Waals surface area contributed by atoms with E-state index in [9.17, 15) is 9.90 Å². The molecule has 0 aromatic heterocycles. The van der Waals surface area contributed by atoms with Crippen LogP contribution in [-0.4, -0.2) is 30.2 Å². The van der Waals surface area contributed by atoms with Crippen LogP contribution in [0.4, 0.5) is 5.69 Å². The van der Waals surface area contributed by atoms with Gasteiger partial charge in [0.15, 0.2) is 6.61 Å². The number of ether oxygens (including phenoxy) is 1. The first-order valence-corrected chi connectivity index (χ1v) is 7.20. The largest absolute Gasteiger partial charge is 0.482 e. The van der Waals surface area contributed by atoms with Crippen molar-refractivity contribution in [2.45, 2.75) is 31.4 Å². The number of carbonyl (C=O) groups excluding carboxylic acids is 1. The number of carbonyl (C=O) groups is 1. The van der Waals surface area contributed by atoms with Gasteiger partial charge >= 0.3 is 0 Å². The predicted octanol–water partition coefficient (Wildman–Crippen LogP) is 1.85. The number of aliphatic hydroxyl groups is 1. The van der Waals surface area contributed by atoms with Gasteiger partial charge < -0.3 is 20.5 Å². The van der Waals surface area contributed by atoms with E-state index in [0.717, 1.165) is 25.8 Å². The number of hydrogen-bond donors (Lipinski definition) is 3. The Labute approximate surface area is 122 Å². The Hall–Kier alpha value is -1.30. The Morgan fingerprint density at radius 3 is 3.00 bits per heavy atom. The first-order valence-electron chi connectivity index (χ1n) is 6.82. The molecular formula is C14H17ClN2O3. The van der Waals surface area contributed by atoms with E-state index in [1.54, 1.807) is 12.1 Å². The van der Waals surface area contributed by atoms with Crippen molar-refractivity contribution in [1.29, 1.82) is 0 Å². The summed E-state index contributed by atoms with van der Waals surface area (Å²) in [6.07, 6.45) is 2.49. The summed E-state index contributed by atoms with van der Waals surface area (Å²) in [6.45, 7) is 0.905. The van der Waals surface area contributed by atoms with Gasteiger partial charge in [0.25, 0.3) is 5.91 Å². The summed E-state index contributed by atoms with van der Waals surface area (Å²) in [5.74, 6) is 0.356. The lowest BCUT2D eigenvalue weighted by Gasteiger charge is -2.29. The fraction of sp³-hybridized carbons (Fsp3) is 0.500. The van der Waals surface area contributed by atoms with Crippen LogP contribution >= 0.6 is 11.6 Å². The van der Waals surface area contributed by atoms with Crippen LogP contribution in [0.2, 0.25) is 5.02 Å². The van der Waals surface area contributed by atoms with Gasteiger partial charge in [0.05, 0.1) is 11.8 Å². The molecule has 1 aromatic rings. The van der Waals surface area contributed by atoms with Crippen LogP contribution in [-0.2, 0) is 4.79 Å².